The number of carbonyl (C=O) groups excluding carboxylic acids is 1. The zero-order valence-corrected chi connectivity index (χ0v) is 16.2. The molecule has 0 atom stereocenters. The minimum Gasteiger partial charge on any atom is -0.466 e. The molecule has 0 aliphatic carbocycles. The number of piperidine rings is 1. The monoisotopic (exact) mass is 375 g/mol. The summed E-state index contributed by atoms with van der Waals surface area (Å²) < 4.78 is 15.9. The largest absolute Gasteiger partial charge is 0.466 e. The second kappa shape index (κ2) is 9.48. The third-order valence-electron chi connectivity index (χ3n) is 4.85. The van der Waals surface area contributed by atoms with Crippen LogP contribution < -0.4 is 14.8 Å². The van der Waals surface area contributed by atoms with Crippen molar-refractivity contribution < 1.29 is 19.0 Å². The molecular formula is C20H29N3O4. The van der Waals surface area contributed by atoms with Crippen molar-refractivity contribution >= 4 is 11.9 Å². The molecule has 7 heteroatoms. The Labute approximate surface area is 160 Å². The molecule has 2 aliphatic heterocycles. The first-order valence-corrected chi connectivity index (χ1v) is 9.79. The van der Waals surface area contributed by atoms with E-state index >= 15 is 0 Å². The van der Waals surface area contributed by atoms with Gasteiger partial charge in [0.15, 0.2) is 17.5 Å². The van der Waals surface area contributed by atoms with Gasteiger partial charge in [-0.15, -0.1) is 0 Å². The fourth-order valence-corrected chi connectivity index (χ4v) is 3.40. The number of aliphatic imine (C=N–C) groups is 1. The highest BCUT2D eigenvalue weighted by molar-refractivity contribution is 5.80. The molecule has 27 heavy (non-hydrogen) atoms. The van der Waals surface area contributed by atoms with E-state index < -0.39 is 0 Å². The van der Waals surface area contributed by atoms with Gasteiger partial charge in [-0.2, -0.15) is 0 Å². The van der Waals surface area contributed by atoms with Crippen molar-refractivity contribution in [1.82, 2.24) is 10.2 Å². The van der Waals surface area contributed by atoms with E-state index in [9.17, 15) is 4.79 Å². The summed E-state index contributed by atoms with van der Waals surface area (Å²) in [5.41, 5.74) is 1.18. The van der Waals surface area contributed by atoms with Gasteiger partial charge in [-0.3, -0.25) is 9.79 Å². The average Bonchev–Trinajstić information content (AvgIpc) is 3.15. The lowest BCUT2D eigenvalue weighted by molar-refractivity contribution is -0.149. The van der Waals surface area contributed by atoms with E-state index in [1.807, 2.05) is 19.1 Å². The predicted molar refractivity (Wildman–Crippen MR) is 103 cm³/mol. The summed E-state index contributed by atoms with van der Waals surface area (Å²) in [7, 11) is 0. The van der Waals surface area contributed by atoms with Gasteiger partial charge in [0.1, 0.15) is 0 Å². The number of esters is 1. The smallest absolute Gasteiger partial charge is 0.309 e. The summed E-state index contributed by atoms with van der Waals surface area (Å²) in [5, 5.41) is 3.36. The Hall–Kier alpha value is -2.44. The number of fused-ring (bicyclic) bond motifs is 1. The quantitative estimate of drug-likeness (QED) is 0.467. The van der Waals surface area contributed by atoms with E-state index in [4.69, 9.17) is 19.2 Å². The molecule has 2 heterocycles. The second-order valence-electron chi connectivity index (χ2n) is 6.69. The van der Waals surface area contributed by atoms with Gasteiger partial charge in [0.05, 0.1) is 12.5 Å². The maximum Gasteiger partial charge on any atom is 0.309 e. The molecule has 0 spiro atoms. The van der Waals surface area contributed by atoms with Crippen LogP contribution >= 0.6 is 0 Å². The lowest BCUT2D eigenvalue weighted by Crippen LogP contribution is -2.46. The Kier molecular flexibility index (Phi) is 6.79. The summed E-state index contributed by atoms with van der Waals surface area (Å²) >= 11 is 0. The van der Waals surface area contributed by atoms with Crippen LogP contribution in [0.1, 0.15) is 32.3 Å². The Bertz CT molecular complexity index is 669. The number of carbonyl (C=O) groups is 1. The summed E-state index contributed by atoms with van der Waals surface area (Å²) in [6.07, 6.45) is 2.46. The van der Waals surface area contributed by atoms with Crippen molar-refractivity contribution in [3.8, 4) is 11.5 Å². The van der Waals surface area contributed by atoms with Crippen molar-refractivity contribution in [1.29, 1.82) is 0 Å². The summed E-state index contributed by atoms with van der Waals surface area (Å²) in [4.78, 5) is 18.9. The van der Waals surface area contributed by atoms with Crippen LogP contribution in [0, 0.1) is 5.92 Å². The zero-order valence-electron chi connectivity index (χ0n) is 16.2. The van der Waals surface area contributed by atoms with Gasteiger partial charge in [0.25, 0.3) is 0 Å². The van der Waals surface area contributed by atoms with Gasteiger partial charge in [-0.25, -0.2) is 0 Å². The molecule has 0 unspecified atom stereocenters. The van der Waals surface area contributed by atoms with E-state index in [2.05, 4.69) is 23.2 Å². The van der Waals surface area contributed by atoms with Crippen molar-refractivity contribution in [3.05, 3.63) is 23.8 Å². The van der Waals surface area contributed by atoms with Crippen LogP contribution in [-0.4, -0.2) is 56.4 Å². The molecule has 3 rings (SSSR count). The first kappa shape index (κ1) is 19.3. The van der Waals surface area contributed by atoms with Gasteiger partial charge in [0.2, 0.25) is 6.79 Å². The van der Waals surface area contributed by atoms with Crippen molar-refractivity contribution in [2.45, 2.75) is 33.1 Å². The molecule has 1 aromatic rings. The van der Waals surface area contributed by atoms with E-state index in [0.29, 0.717) is 19.9 Å². The molecule has 1 N–H and O–H groups in total. The molecule has 1 saturated heterocycles. The topological polar surface area (TPSA) is 72.4 Å². The highest BCUT2D eigenvalue weighted by Crippen LogP contribution is 2.32. The molecule has 0 amide bonds. The number of nitrogens with one attached hydrogen (secondary N) is 1. The van der Waals surface area contributed by atoms with E-state index in [0.717, 1.165) is 56.4 Å². The highest BCUT2D eigenvalue weighted by Gasteiger charge is 2.27. The van der Waals surface area contributed by atoms with Gasteiger partial charge >= 0.3 is 5.97 Å². The fourth-order valence-electron chi connectivity index (χ4n) is 3.40. The number of ether oxygens (including phenoxy) is 3. The van der Waals surface area contributed by atoms with Gasteiger partial charge < -0.3 is 24.4 Å². The summed E-state index contributed by atoms with van der Waals surface area (Å²) in [6.45, 7) is 7.81. The van der Waals surface area contributed by atoms with Gasteiger partial charge in [-0.05, 0) is 50.8 Å². The van der Waals surface area contributed by atoms with Gasteiger partial charge in [-0.1, -0.05) is 6.07 Å². The number of guanidine groups is 1. The molecule has 0 saturated carbocycles. The molecule has 148 valence electrons. The Morgan fingerprint density at radius 2 is 2.04 bits per heavy atom. The van der Waals surface area contributed by atoms with Crippen LogP contribution in [0.2, 0.25) is 0 Å². The lowest BCUT2D eigenvalue weighted by Gasteiger charge is -2.33. The van der Waals surface area contributed by atoms with E-state index in [1.54, 1.807) is 0 Å². The van der Waals surface area contributed by atoms with Crippen molar-refractivity contribution in [2.75, 3.05) is 39.6 Å². The SMILES string of the molecule is CCNC(=NCCc1ccc2c(c1)OCO2)N1CCC(C(=O)OCC)CC1. The lowest BCUT2D eigenvalue weighted by atomic mass is 9.97. The molecule has 2 aliphatic rings. The molecule has 0 aromatic heterocycles. The maximum absolute atomic E-state index is 11.9. The predicted octanol–water partition coefficient (Wildman–Crippen LogP) is 2.20. The average molecular weight is 375 g/mol. The molecule has 0 radical (unpaired) electrons. The molecule has 1 aromatic carbocycles. The Balaban J connectivity index is 1.53. The van der Waals surface area contributed by atoms with Crippen LogP contribution in [0.15, 0.2) is 23.2 Å². The van der Waals surface area contributed by atoms with Crippen LogP contribution in [0.3, 0.4) is 0 Å². The highest BCUT2D eigenvalue weighted by atomic mass is 16.7. The summed E-state index contributed by atoms with van der Waals surface area (Å²) in [6, 6.07) is 6.03. The maximum atomic E-state index is 11.9. The van der Waals surface area contributed by atoms with E-state index in [-0.39, 0.29) is 11.9 Å². The molecular weight excluding hydrogens is 346 g/mol. The Morgan fingerprint density at radius 3 is 2.78 bits per heavy atom. The molecule has 7 nitrogen and oxygen atoms in total. The summed E-state index contributed by atoms with van der Waals surface area (Å²) in [5.74, 6) is 2.48. The third-order valence-corrected chi connectivity index (χ3v) is 4.85. The normalized spacial score (nSPS) is 17.1. The number of benzene rings is 1. The van der Waals surface area contributed by atoms with Crippen LogP contribution in [-0.2, 0) is 16.0 Å². The number of hydrogen-bond donors (Lipinski definition) is 1. The van der Waals surface area contributed by atoms with E-state index in [1.165, 1.54) is 5.56 Å². The minimum absolute atomic E-state index is 0.0118. The molecule has 1 fully saturated rings. The number of likely N-dealkylation sites (tertiary alicyclic amines) is 1. The first-order valence-electron chi connectivity index (χ1n) is 9.79. The first-order chi connectivity index (χ1) is 13.2. The van der Waals surface area contributed by atoms with Crippen LogP contribution in [0.4, 0.5) is 0 Å². The number of hydrogen-bond acceptors (Lipinski definition) is 5. The Morgan fingerprint density at radius 1 is 1.26 bits per heavy atom. The van der Waals surface area contributed by atoms with Gasteiger partial charge in [0, 0.05) is 26.2 Å². The second-order valence-corrected chi connectivity index (χ2v) is 6.69. The number of rotatable bonds is 6. The van der Waals surface area contributed by atoms with Crippen LogP contribution in [0.5, 0.6) is 11.5 Å². The third kappa shape index (κ3) is 5.05. The van der Waals surface area contributed by atoms with Crippen molar-refractivity contribution in [2.24, 2.45) is 10.9 Å². The molecule has 0 bridgehead atoms. The zero-order chi connectivity index (χ0) is 19.1. The number of nitrogens with zero attached hydrogens (tertiary/aromatic N) is 2. The standard InChI is InChI=1S/C20H29N3O4/c1-3-21-20(23-11-8-16(9-12-23)19(24)25-4-2)22-10-7-15-5-6-17-18(13-15)27-14-26-17/h5-6,13,16H,3-4,7-12,14H2,1-2H3,(H,21,22). The minimum atomic E-state index is -0.0677. The van der Waals surface area contributed by atoms with Crippen molar-refractivity contribution in [3.63, 3.8) is 0 Å². The fraction of sp³-hybridized carbons (Fsp3) is 0.600. The van der Waals surface area contributed by atoms with Crippen LogP contribution in [0.25, 0.3) is 0 Å².